The minimum atomic E-state index is -1.55. The zero-order valence-corrected chi connectivity index (χ0v) is 18.6. The Bertz CT molecular complexity index is 897. The van der Waals surface area contributed by atoms with Gasteiger partial charge in [0.1, 0.15) is 24.6 Å². The van der Waals surface area contributed by atoms with Gasteiger partial charge in [-0.25, -0.2) is 0 Å². The summed E-state index contributed by atoms with van der Waals surface area (Å²) in [5.74, 6) is -2.98. The van der Waals surface area contributed by atoms with Crippen LogP contribution in [0.25, 0.3) is 0 Å². The van der Waals surface area contributed by atoms with E-state index in [2.05, 4.69) is 5.32 Å². The first-order valence-corrected chi connectivity index (χ1v) is 9.29. The van der Waals surface area contributed by atoms with E-state index in [1.165, 1.54) is 23.3 Å². The Morgan fingerprint density at radius 1 is 1.41 bits per heavy atom. The monoisotopic (exact) mass is 429 g/mol. The van der Waals surface area contributed by atoms with Gasteiger partial charge < -0.3 is 24.5 Å². The molecule has 3 heterocycles. The molecule has 2 amide bonds. The number of aldehydes is 1. The normalized spacial score (nSPS) is 20.2. The summed E-state index contributed by atoms with van der Waals surface area (Å²) in [6, 6.07) is 2.28. The molecule has 2 aliphatic rings. The third-order valence-corrected chi connectivity index (χ3v) is 5.65. The summed E-state index contributed by atoms with van der Waals surface area (Å²) in [6.07, 6.45) is 2.17. The number of carbonyl (C=O) groups excluding carboxylic acids is 5. The van der Waals surface area contributed by atoms with Gasteiger partial charge in [-0.1, -0.05) is 0 Å². The van der Waals surface area contributed by atoms with E-state index < -0.39 is 35.2 Å². The summed E-state index contributed by atoms with van der Waals surface area (Å²) in [7, 11) is 0. The maximum Gasteiger partial charge on any atom is 1.00 e. The maximum atomic E-state index is 12.5. The molecule has 1 saturated heterocycles. The molecule has 148 valence electrons. The second-order valence-corrected chi connectivity index (χ2v) is 7.26. The molecule has 0 aromatic carbocycles. The maximum absolute atomic E-state index is 12.5. The van der Waals surface area contributed by atoms with Gasteiger partial charge in [-0.2, -0.15) is 0 Å². The second kappa shape index (κ2) is 9.61. The molecule has 0 saturated carbocycles. The molecular weight excluding hydrogens is 413 g/mol. The number of thioether (sulfide) groups is 1. The van der Waals surface area contributed by atoms with Crippen LogP contribution in [0, 0.1) is 0 Å². The molecule has 0 spiro atoms. The van der Waals surface area contributed by atoms with Crippen LogP contribution in [0.15, 0.2) is 29.6 Å². The Morgan fingerprint density at radius 2 is 2.14 bits per heavy atom. The Kier molecular flexibility index (Phi) is 7.69. The topological polar surface area (TPSA) is 138 Å². The number of hydrogen-bond acceptors (Lipinski definition) is 8. The number of ether oxygens (including phenoxy) is 1. The first-order chi connectivity index (χ1) is 13.3. The fourth-order valence-corrected chi connectivity index (χ4v) is 4.35. The number of carboxylic acid groups (broad SMARTS) is 1. The molecule has 1 aromatic rings. The molecule has 1 aromatic heterocycles. The van der Waals surface area contributed by atoms with E-state index in [1.54, 1.807) is 18.3 Å². The number of aromatic nitrogens is 1. The zero-order chi connectivity index (χ0) is 20.4. The van der Waals surface area contributed by atoms with Gasteiger partial charge in [0.05, 0.1) is 17.4 Å². The fourth-order valence-electron chi connectivity index (χ4n) is 3.02. The van der Waals surface area contributed by atoms with Gasteiger partial charge in [-0.05, 0) is 12.1 Å². The van der Waals surface area contributed by atoms with Crippen LogP contribution in [-0.4, -0.2) is 63.3 Å². The summed E-state index contributed by atoms with van der Waals surface area (Å²) in [5.41, 5.74) is 0.257. The quantitative estimate of drug-likeness (QED) is 0.197. The molecule has 2 atom stereocenters. The number of aliphatic carboxylic acids is 1. The molecule has 1 fully saturated rings. The first kappa shape index (κ1) is 23.2. The van der Waals surface area contributed by atoms with E-state index in [0.29, 0.717) is 12.0 Å². The minimum absolute atomic E-state index is 0. The van der Waals surface area contributed by atoms with Crippen molar-refractivity contribution in [3.8, 4) is 0 Å². The van der Waals surface area contributed by atoms with Crippen LogP contribution in [0.3, 0.4) is 0 Å². The van der Waals surface area contributed by atoms with Gasteiger partial charge in [-0.15, -0.1) is 11.8 Å². The molecular formula is C17H16N3NaO7S. The fraction of sp³-hybridized carbons (Fsp3) is 0.353. The van der Waals surface area contributed by atoms with E-state index in [0.717, 1.165) is 4.90 Å². The number of esters is 1. The van der Waals surface area contributed by atoms with Crippen molar-refractivity contribution in [3.05, 3.63) is 35.3 Å². The predicted molar refractivity (Wildman–Crippen MR) is 93.5 cm³/mol. The molecule has 10 nitrogen and oxygen atoms in total. The van der Waals surface area contributed by atoms with Gasteiger partial charge >= 0.3 is 35.5 Å². The molecule has 12 heteroatoms. The standard InChI is InChI=1S/C17H17N3O7S.Na/c1-9(22)27-7-10-8-28-16-13(15(24)20(16)14(10)17(25)26)18-12(23)5-19-4-2-3-11(19)6-21;/h2-4,6,13,16H,5,7-8H2,1H3,(H,18,23)(H,25,26);/q;+1/p-1. The SMILES string of the molecule is CC(=O)OCC1=C(C(=O)[O-])N2C(=O)C(NC(=O)Cn3cccc3C=O)C2SC1.[Na+]. The van der Waals surface area contributed by atoms with Crippen LogP contribution < -0.4 is 40.0 Å². The molecule has 0 aliphatic carbocycles. The van der Waals surface area contributed by atoms with Crippen molar-refractivity contribution in [2.45, 2.75) is 24.9 Å². The van der Waals surface area contributed by atoms with Gasteiger partial charge in [0.2, 0.25) is 5.91 Å². The number of hydrogen-bond donors (Lipinski definition) is 1. The van der Waals surface area contributed by atoms with E-state index in [9.17, 15) is 29.1 Å². The number of carbonyl (C=O) groups is 5. The average molecular weight is 429 g/mol. The predicted octanol–water partition coefficient (Wildman–Crippen LogP) is -4.73. The first-order valence-electron chi connectivity index (χ1n) is 8.24. The van der Waals surface area contributed by atoms with Crippen LogP contribution in [0.5, 0.6) is 0 Å². The number of rotatable bonds is 7. The summed E-state index contributed by atoms with van der Waals surface area (Å²) < 4.78 is 6.27. The van der Waals surface area contributed by atoms with Crippen molar-refractivity contribution < 1.29 is 63.4 Å². The van der Waals surface area contributed by atoms with Crippen molar-refractivity contribution in [2.24, 2.45) is 0 Å². The summed E-state index contributed by atoms with van der Waals surface area (Å²) in [4.78, 5) is 59.1. The smallest absolute Gasteiger partial charge is 0.543 e. The molecule has 29 heavy (non-hydrogen) atoms. The number of β-lactam (4-membered cyclic amide) rings is 1. The Hall–Kier alpha value is -2.08. The molecule has 0 bridgehead atoms. The van der Waals surface area contributed by atoms with Crippen LogP contribution in [0.4, 0.5) is 0 Å². The van der Waals surface area contributed by atoms with Crippen LogP contribution in [0.2, 0.25) is 0 Å². The van der Waals surface area contributed by atoms with Gasteiger partial charge in [-0.3, -0.25) is 24.1 Å². The summed E-state index contributed by atoms with van der Waals surface area (Å²) in [5, 5.41) is 13.5. The molecule has 1 N–H and O–H groups in total. The molecule has 2 aliphatic heterocycles. The number of amides is 2. The number of carboxylic acids is 1. The number of fused-ring (bicyclic) bond motifs is 1. The number of nitrogens with one attached hydrogen (secondary N) is 1. The molecule has 2 unspecified atom stereocenters. The summed E-state index contributed by atoms with van der Waals surface area (Å²) >= 11 is 1.25. The van der Waals surface area contributed by atoms with Crippen LogP contribution in [-0.2, 0) is 30.5 Å². The second-order valence-electron chi connectivity index (χ2n) is 6.15. The van der Waals surface area contributed by atoms with E-state index >= 15 is 0 Å². The van der Waals surface area contributed by atoms with Crippen molar-refractivity contribution >= 4 is 41.8 Å². The van der Waals surface area contributed by atoms with Crippen molar-refractivity contribution in [1.29, 1.82) is 0 Å². The van der Waals surface area contributed by atoms with E-state index in [1.807, 2.05) is 0 Å². The largest absolute Gasteiger partial charge is 1.00 e. The van der Waals surface area contributed by atoms with Crippen molar-refractivity contribution in [3.63, 3.8) is 0 Å². The Morgan fingerprint density at radius 3 is 2.76 bits per heavy atom. The Balaban J connectivity index is 0.00000300. The summed E-state index contributed by atoms with van der Waals surface area (Å²) in [6.45, 7) is 0.795. The molecule has 3 rings (SSSR count). The van der Waals surface area contributed by atoms with Crippen LogP contribution >= 0.6 is 11.8 Å². The van der Waals surface area contributed by atoms with Crippen molar-refractivity contribution in [2.75, 3.05) is 12.4 Å². The minimum Gasteiger partial charge on any atom is -0.543 e. The van der Waals surface area contributed by atoms with Crippen molar-refractivity contribution in [1.82, 2.24) is 14.8 Å². The van der Waals surface area contributed by atoms with E-state index in [-0.39, 0.29) is 59.7 Å². The number of nitrogens with zero attached hydrogens (tertiary/aromatic N) is 2. The van der Waals surface area contributed by atoms with E-state index in [4.69, 9.17) is 4.74 Å². The van der Waals surface area contributed by atoms with Crippen LogP contribution in [0.1, 0.15) is 17.4 Å². The Labute approximate surface area is 191 Å². The van der Waals surface area contributed by atoms with Gasteiger partial charge in [0, 0.05) is 24.4 Å². The average Bonchev–Trinajstić information content (AvgIpc) is 3.10. The zero-order valence-electron chi connectivity index (χ0n) is 15.7. The van der Waals surface area contributed by atoms with Gasteiger partial charge in [0.15, 0.2) is 6.29 Å². The third kappa shape index (κ3) is 4.74. The van der Waals surface area contributed by atoms with Gasteiger partial charge in [0.25, 0.3) is 5.91 Å². The molecule has 0 radical (unpaired) electrons. The third-order valence-electron chi connectivity index (χ3n) is 4.31.